The average Bonchev–Trinajstić information content (AvgIpc) is 3.19. The normalized spacial score (nSPS) is 11.5. The molecule has 0 unspecified atom stereocenters. The number of aromatic nitrogens is 3. The van der Waals surface area contributed by atoms with Crippen molar-refractivity contribution in [3.05, 3.63) is 57.2 Å². The monoisotopic (exact) mass is 447 g/mol. The number of hydrogen-bond donors (Lipinski definition) is 0. The molecule has 0 atom stereocenters. The first-order valence-corrected chi connectivity index (χ1v) is 10.2. The lowest BCUT2D eigenvalue weighted by molar-refractivity contribution is -0.575. The molecule has 0 radical (unpaired) electrons. The molecule has 4 aromatic rings. The summed E-state index contributed by atoms with van der Waals surface area (Å²) < 4.78 is 16.0. The smallest absolute Gasteiger partial charge is 0.297 e. The van der Waals surface area contributed by atoms with Crippen molar-refractivity contribution < 1.29 is 14.2 Å². The molecule has 0 saturated heterocycles. The van der Waals surface area contributed by atoms with Gasteiger partial charge in [-0.25, -0.2) is 0 Å². The van der Waals surface area contributed by atoms with Gasteiger partial charge < -0.3 is 14.7 Å². The van der Waals surface area contributed by atoms with E-state index in [4.69, 9.17) is 9.47 Å². The van der Waals surface area contributed by atoms with Gasteiger partial charge in [-0.2, -0.15) is 9.71 Å². The highest BCUT2D eigenvalue weighted by molar-refractivity contribution is 9.11. The number of rotatable bonds is 7. The van der Waals surface area contributed by atoms with E-state index in [1.807, 2.05) is 48.0 Å². The Labute approximate surface area is 168 Å². The van der Waals surface area contributed by atoms with Crippen molar-refractivity contribution in [2.45, 2.75) is 13.0 Å². The van der Waals surface area contributed by atoms with Gasteiger partial charge in [0.15, 0.2) is 5.52 Å². The highest BCUT2D eigenvalue weighted by atomic mass is 79.9. The van der Waals surface area contributed by atoms with Gasteiger partial charge >= 0.3 is 0 Å². The molecule has 8 heteroatoms. The lowest BCUT2D eigenvalue weighted by Crippen LogP contribution is -2.25. The first kappa shape index (κ1) is 18.2. The quantitative estimate of drug-likeness (QED) is 0.242. The van der Waals surface area contributed by atoms with Crippen molar-refractivity contribution in [2.75, 3.05) is 13.2 Å². The average molecular weight is 448 g/mol. The van der Waals surface area contributed by atoms with E-state index in [1.165, 1.54) is 17.5 Å². The van der Waals surface area contributed by atoms with Crippen LogP contribution in [0.25, 0.3) is 21.3 Å². The summed E-state index contributed by atoms with van der Waals surface area (Å²) in [7, 11) is 1.90. The molecule has 4 rings (SSSR count). The number of thiophene rings is 1. The summed E-state index contributed by atoms with van der Waals surface area (Å²) in [6.45, 7) is 1.71. The SMILES string of the molecule is Cn1c(OCCCOCc2ccccc2)nc2c[n+]([O-])c3cc(Br)sc3c21. The molecule has 6 nitrogen and oxygen atoms in total. The largest absolute Gasteiger partial charge is 0.618 e. The second-order valence-corrected chi connectivity index (χ2v) is 8.58. The van der Waals surface area contributed by atoms with Gasteiger partial charge in [0.25, 0.3) is 6.01 Å². The van der Waals surface area contributed by atoms with E-state index in [-0.39, 0.29) is 0 Å². The molecule has 140 valence electrons. The van der Waals surface area contributed by atoms with Crippen molar-refractivity contribution in [1.82, 2.24) is 9.55 Å². The molecule has 3 aromatic heterocycles. The van der Waals surface area contributed by atoms with Gasteiger partial charge in [-0.3, -0.25) is 4.57 Å². The predicted octanol–water partition coefficient (Wildman–Crippen LogP) is 4.17. The number of halogens is 1. The standard InChI is InChI=1S/C19H18BrN3O3S/c1-22-17-14(11-23(24)15-10-16(20)27-18(15)17)21-19(22)26-9-5-8-25-12-13-6-3-2-4-7-13/h2-4,6-7,10-11H,5,8-9,12H2,1H3. The number of imidazole rings is 1. The van der Waals surface area contributed by atoms with Gasteiger partial charge in [-0.05, 0) is 21.5 Å². The fraction of sp³-hybridized carbons (Fsp3) is 0.263. The summed E-state index contributed by atoms with van der Waals surface area (Å²) in [5.41, 5.74) is 3.32. The van der Waals surface area contributed by atoms with Crippen molar-refractivity contribution in [3.63, 3.8) is 0 Å². The Morgan fingerprint density at radius 2 is 2.07 bits per heavy atom. The third-order valence-electron chi connectivity index (χ3n) is 4.23. The molecule has 0 amide bonds. The summed E-state index contributed by atoms with van der Waals surface area (Å²) in [6.07, 6.45) is 2.25. The van der Waals surface area contributed by atoms with Crippen LogP contribution in [0.2, 0.25) is 0 Å². The molecule has 3 heterocycles. The minimum Gasteiger partial charge on any atom is -0.618 e. The third kappa shape index (κ3) is 3.78. The highest BCUT2D eigenvalue weighted by Gasteiger charge is 2.20. The minimum atomic E-state index is 0.501. The molecule has 0 spiro atoms. The maximum Gasteiger partial charge on any atom is 0.297 e. The summed E-state index contributed by atoms with van der Waals surface area (Å²) in [6, 6.07) is 12.4. The summed E-state index contributed by atoms with van der Waals surface area (Å²) in [5, 5.41) is 12.2. The van der Waals surface area contributed by atoms with Crippen molar-refractivity contribution in [2.24, 2.45) is 7.05 Å². The lowest BCUT2D eigenvalue weighted by Gasteiger charge is -2.07. The number of fused-ring (bicyclic) bond motifs is 3. The van der Waals surface area contributed by atoms with Gasteiger partial charge in [-0.1, -0.05) is 30.3 Å². The molecule has 0 bridgehead atoms. The number of pyridine rings is 1. The number of aryl methyl sites for hydroxylation is 1. The Balaban J connectivity index is 1.39. The van der Waals surface area contributed by atoms with E-state index in [9.17, 15) is 5.21 Å². The van der Waals surface area contributed by atoms with Crippen LogP contribution in [-0.4, -0.2) is 22.8 Å². The Morgan fingerprint density at radius 3 is 2.89 bits per heavy atom. The fourth-order valence-electron chi connectivity index (χ4n) is 2.94. The summed E-state index contributed by atoms with van der Waals surface area (Å²) in [5.74, 6) is 0. The van der Waals surface area contributed by atoms with E-state index in [0.29, 0.717) is 36.9 Å². The van der Waals surface area contributed by atoms with Crippen LogP contribution in [0.15, 0.2) is 46.4 Å². The van der Waals surface area contributed by atoms with Crippen LogP contribution in [0, 0.1) is 5.21 Å². The zero-order valence-corrected chi connectivity index (χ0v) is 17.1. The van der Waals surface area contributed by atoms with Gasteiger partial charge in [0.1, 0.15) is 10.2 Å². The predicted molar refractivity (Wildman–Crippen MR) is 109 cm³/mol. The van der Waals surface area contributed by atoms with Crippen LogP contribution in [0.5, 0.6) is 6.01 Å². The minimum absolute atomic E-state index is 0.501. The van der Waals surface area contributed by atoms with Crippen LogP contribution in [-0.2, 0) is 18.4 Å². The van der Waals surface area contributed by atoms with Crippen molar-refractivity contribution in [3.8, 4) is 6.01 Å². The van der Waals surface area contributed by atoms with Crippen LogP contribution in [0.1, 0.15) is 12.0 Å². The zero-order chi connectivity index (χ0) is 18.8. The number of nitrogens with zero attached hydrogens (tertiary/aromatic N) is 3. The van der Waals surface area contributed by atoms with Gasteiger partial charge in [0.2, 0.25) is 11.7 Å². The Hall–Kier alpha value is -2.16. The first-order chi connectivity index (χ1) is 13.1. The van der Waals surface area contributed by atoms with Crippen molar-refractivity contribution in [1.29, 1.82) is 0 Å². The molecular weight excluding hydrogens is 430 g/mol. The molecule has 0 saturated carbocycles. The van der Waals surface area contributed by atoms with E-state index in [1.54, 1.807) is 0 Å². The van der Waals surface area contributed by atoms with Crippen LogP contribution >= 0.6 is 27.3 Å². The van der Waals surface area contributed by atoms with Crippen molar-refractivity contribution >= 4 is 48.5 Å². The molecule has 27 heavy (non-hydrogen) atoms. The molecule has 0 fully saturated rings. The van der Waals surface area contributed by atoms with E-state index in [2.05, 4.69) is 20.9 Å². The van der Waals surface area contributed by atoms with Crippen LogP contribution in [0.3, 0.4) is 0 Å². The van der Waals surface area contributed by atoms with Gasteiger partial charge in [0.05, 0.1) is 23.6 Å². The molecule has 0 N–H and O–H groups in total. The fourth-order valence-corrected chi connectivity index (χ4v) is 4.60. The molecule has 1 aromatic carbocycles. The Kier molecular flexibility index (Phi) is 5.29. The van der Waals surface area contributed by atoms with Crippen LogP contribution < -0.4 is 9.47 Å². The topological polar surface area (TPSA) is 63.2 Å². The number of benzene rings is 1. The van der Waals surface area contributed by atoms with E-state index in [0.717, 1.165) is 30.7 Å². The van der Waals surface area contributed by atoms with Crippen LogP contribution in [0.4, 0.5) is 0 Å². The molecule has 0 aliphatic rings. The maximum absolute atomic E-state index is 12.2. The molecule has 0 aliphatic carbocycles. The second kappa shape index (κ2) is 7.84. The number of hydrogen-bond acceptors (Lipinski definition) is 5. The van der Waals surface area contributed by atoms with Gasteiger partial charge in [-0.15, -0.1) is 11.3 Å². The van der Waals surface area contributed by atoms with E-state index < -0.39 is 0 Å². The third-order valence-corrected chi connectivity index (χ3v) is 5.87. The summed E-state index contributed by atoms with van der Waals surface area (Å²) >= 11 is 4.97. The zero-order valence-electron chi connectivity index (χ0n) is 14.7. The Bertz CT molecular complexity index is 1080. The highest BCUT2D eigenvalue weighted by Crippen LogP contribution is 2.34. The maximum atomic E-state index is 12.2. The lowest BCUT2D eigenvalue weighted by atomic mass is 10.2. The molecule has 0 aliphatic heterocycles. The summed E-state index contributed by atoms with van der Waals surface area (Å²) in [4.78, 5) is 4.47. The van der Waals surface area contributed by atoms with E-state index >= 15 is 0 Å². The van der Waals surface area contributed by atoms with Gasteiger partial charge in [0, 0.05) is 19.5 Å². The molecular formula is C19H18BrN3O3S. The first-order valence-electron chi connectivity index (χ1n) is 8.55. The Morgan fingerprint density at radius 1 is 1.26 bits per heavy atom. The number of ether oxygens (including phenoxy) is 2. The second-order valence-electron chi connectivity index (χ2n) is 6.15.